The summed E-state index contributed by atoms with van der Waals surface area (Å²) in [5.74, 6) is 0.941. The number of aromatic amines is 1. The maximum atomic E-state index is 13.2. The molecule has 3 N–H and O–H groups in total. The number of phenolic OH excluding ortho intramolecular Hbond substituents is 1. The Balaban J connectivity index is 1.22. The molecule has 9 nitrogen and oxygen atoms in total. The highest BCUT2D eigenvalue weighted by Crippen LogP contribution is 2.37. The molecule has 0 fully saturated rings. The zero-order valence-electron chi connectivity index (χ0n) is 23.5. The van der Waals surface area contributed by atoms with Crippen molar-refractivity contribution >= 4 is 16.9 Å². The number of aromatic nitrogens is 5. The molecule has 5 aromatic rings. The fourth-order valence-electron chi connectivity index (χ4n) is 5.35. The summed E-state index contributed by atoms with van der Waals surface area (Å²) in [6.07, 6.45) is 12.6. The van der Waals surface area contributed by atoms with Crippen molar-refractivity contribution in [3.63, 3.8) is 0 Å². The average Bonchev–Trinajstić information content (AvgIpc) is 3.66. The van der Waals surface area contributed by atoms with Gasteiger partial charge in [-0.3, -0.25) is 9.48 Å². The van der Waals surface area contributed by atoms with Crippen molar-refractivity contribution < 1.29 is 14.6 Å². The number of allylic oxidation sites excluding steroid dienone is 3. The highest BCUT2D eigenvalue weighted by Gasteiger charge is 2.30. The molecule has 1 aliphatic rings. The summed E-state index contributed by atoms with van der Waals surface area (Å²) in [6.45, 7) is 5.77. The molecule has 3 aromatic heterocycles. The lowest BCUT2D eigenvalue weighted by molar-refractivity contribution is 0.0954. The first-order valence-electron chi connectivity index (χ1n) is 14.0. The quantitative estimate of drug-likeness (QED) is 0.206. The number of benzene rings is 2. The molecule has 0 bridgehead atoms. The van der Waals surface area contributed by atoms with Crippen molar-refractivity contribution in [2.24, 2.45) is 5.41 Å². The SMILES string of the molecule is CCOc1ncccc1-c1ccc(O)c(-c2nc3ccc(C(=O)NCC4=CC=CCC4(C)Cn4cccn4)cc3[nH]2)c1. The Morgan fingerprint density at radius 1 is 1.14 bits per heavy atom. The number of aromatic hydroxyl groups is 1. The van der Waals surface area contributed by atoms with Gasteiger partial charge in [0.2, 0.25) is 5.88 Å². The van der Waals surface area contributed by atoms with Gasteiger partial charge >= 0.3 is 0 Å². The zero-order valence-corrected chi connectivity index (χ0v) is 23.5. The van der Waals surface area contributed by atoms with Crippen molar-refractivity contribution in [2.45, 2.75) is 26.8 Å². The number of pyridine rings is 1. The second kappa shape index (κ2) is 11.4. The average molecular weight is 561 g/mol. The molecule has 1 unspecified atom stereocenters. The summed E-state index contributed by atoms with van der Waals surface area (Å²) in [4.78, 5) is 25.5. The number of carbonyl (C=O) groups excluding carboxylic acids is 1. The second-order valence-corrected chi connectivity index (χ2v) is 10.6. The highest BCUT2D eigenvalue weighted by atomic mass is 16.5. The summed E-state index contributed by atoms with van der Waals surface area (Å²) >= 11 is 0. The molecule has 6 rings (SSSR count). The minimum absolute atomic E-state index is 0.0885. The minimum Gasteiger partial charge on any atom is -0.507 e. The molecule has 0 saturated carbocycles. The van der Waals surface area contributed by atoms with Crippen LogP contribution in [0.1, 0.15) is 30.6 Å². The van der Waals surface area contributed by atoms with Gasteiger partial charge in [0.05, 0.1) is 29.7 Å². The maximum Gasteiger partial charge on any atom is 0.251 e. The van der Waals surface area contributed by atoms with E-state index in [1.165, 1.54) is 0 Å². The largest absolute Gasteiger partial charge is 0.507 e. The molecular weight excluding hydrogens is 528 g/mol. The number of nitrogens with one attached hydrogen (secondary N) is 2. The van der Waals surface area contributed by atoms with Gasteiger partial charge in [-0.05, 0) is 73.0 Å². The number of phenols is 1. The van der Waals surface area contributed by atoms with Crippen LogP contribution >= 0.6 is 0 Å². The number of rotatable bonds is 9. The van der Waals surface area contributed by atoms with E-state index in [0.29, 0.717) is 47.0 Å². The van der Waals surface area contributed by atoms with E-state index in [9.17, 15) is 9.90 Å². The Hall–Kier alpha value is -5.18. The lowest BCUT2D eigenvalue weighted by atomic mass is 9.76. The van der Waals surface area contributed by atoms with E-state index in [-0.39, 0.29) is 17.1 Å². The van der Waals surface area contributed by atoms with Gasteiger partial charge in [0.15, 0.2) is 0 Å². The summed E-state index contributed by atoms with van der Waals surface area (Å²) in [5, 5.41) is 18.2. The standard InChI is InChI=1S/C33H32N6O3/c1-3-42-32-25(9-6-15-34-32)22-11-13-29(40)26(18-22)30-37-27-12-10-23(19-28(27)38-30)31(41)35-20-24-8-4-5-14-33(24,2)21-39-17-7-16-36-39/h4-13,15-19,40H,3,14,20-21H2,1-2H3,(H,35,41)(H,37,38). The number of nitrogens with zero attached hydrogens (tertiary/aromatic N) is 4. The predicted octanol–water partition coefficient (Wildman–Crippen LogP) is 5.92. The number of imidazole rings is 1. The summed E-state index contributed by atoms with van der Waals surface area (Å²) in [7, 11) is 0. The van der Waals surface area contributed by atoms with Crippen LogP contribution in [0.5, 0.6) is 11.6 Å². The number of carbonyl (C=O) groups is 1. The van der Waals surface area contributed by atoms with Crippen LogP contribution < -0.4 is 10.1 Å². The van der Waals surface area contributed by atoms with E-state index in [4.69, 9.17) is 9.72 Å². The summed E-state index contributed by atoms with van der Waals surface area (Å²) in [6, 6.07) is 16.4. The summed E-state index contributed by atoms with van der Waals surface area (Å²) in [5.41, 5.74) is 5.10. The normalized spacial score (nSPS) is 16.4. The highest BCUT2D eigenvalue weighted by molar-refractivity contribution is 5.98. The number of fused-ring (bicyclic) bond motifs is 1. The number of H-pyrrole nitrogens is 1. The maximum absolute atomic E-state index is 13.2. The van der Waals surface area contributed by atoms with Gasteiger partial charge < -0.3 is 20.1 Å². The van der Waals surface area contributed by atoms with Gasteiger partial charge in [0.1, 0.15) is 11.6 Å². The third-order valence-corrected chi connectivity index (χ3v) is 7.65. The Morgan fingerprint density at radius 2 is 2.05 bits per heavy atom. The molecule has 0 spiro atoms. The van der Waals surface area contributed by atoms with E-state index in [2.05, 4.69) is 39.5 Å². The Morgan fingerprint density at radius 3 is 2.88 bits per heavy atom. The van der Waals surface area contributed by atoms with E-state index < -0.39 is 0 Å². The summed E-state index contributed by atoms with van der Waals surface area (Å²) < 4.78 is 7.63. The van der Waals surface area contributed by atoms with Gasteiger partial charge in [0, 0.05) is 41.7 Å². The molecule has 42 heavy (non-hydrogen) atoms. The molecule has 1 aliphatic carbocycles. The van der Waals surface area contributed by atoms with Gasteiger partial charge in [-0.1, -0.05) is 31.2 Å². The van der Waals surface area contributed by atoms with Crippen molar-refractivity contribution in [1.82, 2.24) is 30.0 Å². The molecule has 1 atom stereocenters. The number of hydrogen-bond acceptors (Lipinski definition) is 6. The van der Waals surface area contributed by atoms with Crippen LogP contribution in [0.25, 0.3) is 33.5 Å². The molecule has 2 aromatic carbocycles. The van der Waals surface area contributed by atoms with Gasteiger partial charge in [-0.2, -0.15) is 5.10 Å². The van der Waals surface area contributed by atoms with E-state index in [1.54, 1.807) is 30.6 Å². The van der Waals surface area contributed by atoms with E-state index >= 15 is 0 Å². The van der Waals surface area contributed by atoms with Crippen LogP contribution in [-0.2, 0) is 6.54 Å². The fraction of sp³-hybridized carbons (Fsp3) is 0.212. The van der Waals surface area contributed by atoms with Crippen molar-refractivity contribution in [1.29, 1.82) is 0 Å². The van der Waals surface area contributed by atoms with Crippen molar-refractivity contribution in [2.75, 3.05) is 13.2 Å². The zero-order chi connectivity index (χ0) is 29.1. The lowest BCUT2D eigenvalue weighted by Gasteiger charge is -2.33. The molecular formula is C33H32N6O3. The Kier molecular flexibility index (Phi) is 7.31. The van der Waals surface area contributed by atoms with Gasteiger partial charge in [-0.25, -0.2) is 9.97 Å². The first-order chi connectivity index (χ1) is 20.4. The molecule has 212 valence electrons. The van der Waals surface area contributed by atoms with Crippen LogP contribution in [0.3, 0.4) is 0 Å². The first kappa shape index (κ1) is 27.0. The number of hydrogen-bond donors (Lipinski definition) is 3. The van der Waals surface area contributed by atoms with Crippen molar-refractivity contribution in [3.05, 3.63) is 103 Å². The van der Waals surface area contributed by atoms with Crippen LogP contribution in [0.4, 0.5) is 0 Å². The Bertz CT molecular complexity index is 1800. The molecule has 0 aliphatic heterocycles. The van der Waals surface area contributed by atoms with Crippen molar-refractivity contribution in [3.8, 4) is 34.1 Å². The second-order valence-electron chi connectivity index (χ2n) is 10.6. The Labute approximate surface area is 243 Å². The van der Waals surface area contributed by atoms with Crippen LogP contribution in [-0.4, -0.2) is 48.9 Å². The first-order valence-corrected chi connectivity index (χ1v) is 14.0. The van der Waals surface area contributed by atoms with E-state index in [1.807, 2.05) is 60.3 Å². The monoisotopic (exact) mass is 560 g/mol. The molecule has 9 heteroatoms. The topological polar surface area (TPSA) is 118 Å². The van der Waals surface area contributed by atoms with E-state index in [0.717, 1.165) is 29.7 Å². The van der Waals surface area contributed by atoms with Gasteiger partial charge in [-0.15, -0.1) is 0 Å². The smallest absolute Gasteiger partial charge is 0.251 e. The van der Waals surface area contributed by atoms with Crippen LogP contribution in [0.2, 0.25) is 0 Å². The molecule has 1 amide bonds. The number of ether oxygens (including phenoxy) is 1. The predicted molar refractivity (Wildman–Crippen MR) is 162 cm³/mol. The van der Waals surface area contributed by atoms with Gasteiger partial charge in [0.25, 0.3) is 5.91 Å². The fourth-order valence-corrected chi connectivity index (χ4v) is 5.35. The van der Waals surface area contributed by atoms with Crippen LogP contribution in [0.15, 0.2) is 97.0 Å². The lowest BCUT2D eigenvalue weighted by Crippen LogP contribution is -2.35. The third-order valence-electron chi connectivity index (χ3n) is 7.65. The molecule has 3 heterocycles. The minimum atomic E-state index is -0.171. The molecule has 0 radical (unpaired) electrons. The van der Waals surface area contributed by atoms with Crippen LogP contribution in [0, 0.1) is 5.41 Å². The number of amides is 1. The third kappa shape index (κ3) is 5.41. The molecule has 0 saturated heterocycles.